The Morgan fingerprint density at radius 1 is 1.09 bits per heavy atom. The monoisotopic (exact) mass is 468 g/mol. The fourth-order valence-electron chi connectivity index (χ4n) is 3.42. The van der Waals surface area contributed by atoms with Gasteiger partial charge in [-0.25, -0.2) is 8.42 Å². The lowest BCUT2D eigenvalue weighted by Gasteiger charge is -2.14. The minimum absolute atomic E-state index is 0.00949. The van der Waals surface area contributed by atoms with Crippen molar-refractivity contribution in [2.45, 2.75) is 22.8 Å². The van der Waals surface area contributed by atoms with Crippen molar-refractivity contribution in [3.8, 4) is 0 Å². The van der Waals surface area contributed by atoms with E-state index in [1.807, 2.05) is 19.1 Å². The van der Waals surface area contributed by atoms with Gasteiger partial charge >= 0.3 is 0 Å². The molecular weight excluding hydrogens is 448 g/mol. The first-order chi connectivity index (χ1) is 15.4. The van der Waals surface area contributed by atoms with Gasteiger partial charge < -0.3 is 15.6 Å². The molecule has 4 aromatic rings. The third-order valence-electron chi connectivity index (χ3n) is 5.07. The fraction of sp³-hybridized carbons (Fsp3) is 0.130. The predicted molar refractivity (Wildman–Crippen MR) is 124 cm³/mol. The lowest BCUT2D eigenvalue weighted by atomic mass is 10.1. The number of rotatable bonds is 7. The van der Waals surface area contributed by atoms with Crippen LogP contribution in [0.1, 0.15) is 18.5 Å². The van der Waals surface area contributed by atoms with Crippen LogP contribution in [0.4, 0.5) is 5.82 Å². The number of sulfone groups is 1. The number of aromatic nitrogens is 2. The second kappa shape index (κ2) is 9.12. The smallest absolute Gasteiger partial charge is 0.239 e. The highest BCUT2D eigenvalue weighted by atomic mass is 35.5. The summed E-state index contributed by atoms with van der Waals surface area (Å²) in [7, 11) is -3.92. The Hall–Kier alpha value is -3.20. The van der Waals surface area contributed by atoms with Crippen molar-refractivity contribution in [1.82, 2.24) is 15.3 Å². The van der Waals surface area contributed by atoms with Gasteiger partial charge in [0.1, 0.15) is 10.7 Å². The molecule has 32 heavy (non-hydrogen) atoms. The van der Waals surface area contributed by atoms with Crippen molar-refractivity contribution >= 4 is 44.1 Å². The Kier molecular flexibility index (Phi) is 6.27. The molecule has 0 saturated carbocycles. The Labute approximate surface area is 190 Å². The molecule has 4 rings (SSSR count). The first-order valence-electron chi connectivity index (χ1n) is 9.91. The molecule has 2 heterocycles. The van der Waals surface area contributed by atoms with E-state index < -0.39 is 9.84 Å². The van der Waals surface area contributed by atoms with Gasteiger partial charge in [-0.15, -0.1) is 0 Å². The molecule has 2 aromatic carbocycles. The molecule has 9 heteroatoms. The number of halogens is 1. The number of hydrogen-bond acceptors (Lipinski definition) is 5. The molecule has 1 unspecified atom stereocenters. The number of pyridine rings is 1. The van der Waals surface area contributed by atoms with Crippen LogP contribution in [0.25, 0.3) is 10.9 Å². The van der Waals surface area contributed by atoms with Crippen molar-refractivity contribution in [2.75, 3.05) is 11.9 Å². The van der Waals surface area contributed by atoms with E-state index in [-0.39, 0.29) is 34.1 Å². The molecule has 1 atom stereocenters. The number of H-pyrrole nitrogens is 1. The van der Waals surface area contributed by atoms with Crippen LogP contribution < -0.4 is 10.6 Å². The summed E-state index contributed by atoms with van der Waals surface area (Å²) >= 11 is 6.13. The molecular formula is C23H21ClN4O3S. The predicted octanol–water partition coefficient (Wildman–Crippen LogP) is 4.34. The molecule has 0 aliphatic heterocycles. The molecule has 7 nitrogen and oxygen atoms in total. The minimum Gasteiger partial charge on any atom is -0.340 e. The van der Waals surface area contributed by atoms with Crippen molar-refractivity contribution in [2.24, 2.45) is 0 Å². The van der Waals surface area contributed by atoms with Crippen LogP contribution in [0.5, 0.6) is 0 Å². The van der Waals surface area contributed by atoms with E-state index in [0.717, 1.165) is 5.56 Å². The topological polar surface area (TPSA) is 104 Å². The van der Waals surface area contributed by atoms with Crippen LogP contribution in [0.2, 0.25) is 5.02 Å². The van der Waals surface area contributed by atoms with E-state index in [0.29, 0.717) is 15.9 Å². The molecule has 0 bridgehead atoms. The highest BCUT2D eigenvalue weighted by Gasteiger charge is 2.27. The quantitative estimate of drug-likeness (QED) is 0.374. The summed E-state index contributed by atoms with van der Waals surface area (Å²) < 4.78 is 26.9. The number of amides is 1. The van der Waals surface area contributed by atoms with Crippen molar-refractivity contribution in [3.63, 3.8) is 0 Å². The van der Waals surface area contributed by atoms with E-state index in [1.54, 1.807) is 48.8 Å². The number of benzene rings is 2. The first kappa shape index (κ1) is 22.0. The van der Waals surface area contributed by atoms with Gasteiger partial charge in [0.2, 0.25) is 15.7 Å². The number of nitrogens with one attached hydrogen (secondary N) is 3. The van der Waals surface area contributed by atoms with E-state index in [9.17, 15) is 13.2 Å². The summed E-state index contributed by atoms with van der Waals surface area (Å²) in [6, 6.07) is 16.6. The number of carbonyl (C=O) groups is 1. The normalized spacial score (nSPS) is 12.6. The molecule has 0 aliphatic rings. The molecule has 0 saturated heterocycles. The third-order valence-corrected chi connectivity index (χ3v) is 7.16. The minimum atomic E-state index is -3.92. The standard InChI is InChI=1S/C23H21ClN4O3S/c1-15(16-9-11-25-12-10-16)26-14-21(29)28-23-22(19-13-17(24)7-8-20(19)27-23)32(30,31)18-5-3-2-4-6-18/h2-13,15,26-27H,14H2,1H3,(H,28,29). The SMILES string of the molecule is CC(NCC(=O)Nc1[nH]c2ccc(Cl)cc2c1S(=O)(=O)c1ccccc1)c1ccncc1. The maximum absolute atomic E-state index is 13.4. The van der Waals surface area contributed by atoms with Gasteiger partial charge in [0, 0.05) is 34.4 Å². The summed E-state index contributed by atoms with van der Waals surface area (Å²) in [4.78, 5) is 19.8. The second-order valence-electron chi connectivity index (χ2n) is 7.27. The van der Waals surface area contributed by atoms with Crippen molar-refractivity contribution in [3.05, 3.63) is 83.6 Å². The molecule has 1 amide bonds. The van der Waals surface area contributed by atoms with Crippen LogP contribution in [0.15, 0.2) is 82.8 Å². The molecule has 3 N–H and O–H groups in total. The fourth-order valence-corrected chi connectivity index (χ4v) is 5.18. The van der Waals surface area contributed by atoms with Crippen LogP contribution in [0.3, 0.4) is 0 Å². The van der Waals surface area contributed by atoms with E-state index >= 15 is 0 Å². The number of nitrogens with zero attached hydrogens (tertiary/aromatic N) is 1. The van der Waals surface area contributed by atoms with Gasteiger partial charge in [-0.05, 0) is 55.0 Å². The second-order valence-corrected chi connectivity index (χ2v) is 9.59. The Morgan fingerprint density at radius 2 is 1.81 bits per heavy atom. The Bertz CT molecular complexity index is 1360. The van der Waals surface area contributed by atoms with Crippen LogP contribution >= 0.6 is 11.6 Å². The van der Waals surface area contributed by atoms with Crippen molar-refractivity contribution in [1.29, 1.82) is 0 Å². The lowest BCUT2D eigenvalue weighted by Crippen LogP contribution is -2.30. The maximum Gasteiger partial charge on any atom is 0.239 e. The van der Waals surface area contributed by atoms with Crippen LogP contribution in [-0.2, 0) is 14.6 Å². The van der Waals surface area contributed by atoms with Gasteiger partial charge in [0.15, 0.2) is 0 Å². The highest BCUT2D eigenvalue weighted by molar-refractivity contribution is 7.92. The molecule has 164 valence electrons. The number of hydrogen-bond donors (Lipinski definition) is 3. The van der Waals surface area contributed by atoms with E-state index in [1.165, 1.54) is 12.1 Å². The van der Waals surface area contributed by atoms with Gasteiger partial charge in [-0.3, -0.25) is 9.78 Å². The van der Waals surface area contributed by atoms with E-state index in [2.05, 4.69) is 20.6 Å². The van der Waals surface area contributed by atoms with Crippen LogP contribution in [-0.4, -0.2) is 30.8 Å². The molecule has 0 radical (unpaired) electrons. The Morgan fingerprint density at radius 3 is 2.53 bits per heavy atom. The average molecular weight is 469 g/mol. The van der Waals surface area contributed by atoms with E-state index in [4.69, 9.17) is 11.6 Å². The zero-order valence-electron chi connectivity index (χ0n) is 17.2. The average Bonchev–Trinajstić information content (AvgIpc) is 3.16. The van der Waals surface area contributed by atoms with Crippen LogP contribution in [0, 0.1) is 0 Å². The summed E-state index contributed by atoms with van der Waals surface area (Å²) in [6.07, 6.45) is 3.37. The molecule has 0 spiro atoms. The summed E-state index contributed by atoms with van der Waals surface area (Å²) in [5, 5.41) is 6.64. The van der Waals surface area contributed by atoms with Gasteiger partial charge in [0.05, 0.1) is 11.4 Å². The number of fused-ring (bicyclic) bond motifs is 1. The zero-order chi connectivity index (χ0) is 22.7. The number of aromatic amines is 1. The number of carbonyl (C=O) groups excluding carboxylic acids is 1. The van der Waals surface area contributed by atoms with Gasteiger partial charge in [-0.1, -0.05) is 29.8 Å². The molecule has 2 aromatic heterocycles. The zero-order valence-corrected chi connectivity index (χ0v) is 18.7. The van der Waals surface area contributed by atoms with Gasteiger partial charge in [-0.2, -0.15) is 0 Å². The highest BCUT2D eigenvalue weighted by Crippen LogP contribution is 2.36. The summed E-state index contributed by atoms with van der Waals surface area (Å²) in [6.45, 7) is 1.92. The summed E-state index contributed by atoms with van der Waals surface area (Å²) in [5.41, 5.74) is 1.54. The lowest BCUT2D eigenvalue weighted by molar-refractivity contribution is -0.115. The molecule has 0 fully saturated rings. The van der Waals surface area contributed by atoms with Gasteiger partial charge in [0.25, 0.3) is 0 Å². The Balaban J connectivity index is 1.64. The summed E-state index contributed by atoms with van der Waals surface area (Å²) in [5.74, 6) is -0.275. The first-order valence-corrected chi connectivity index (χ1v) is 11.8. The molecule has 0 aliphatic carbocycles. The largest absolute Gasteiger partial charge is 0.340 e. The number of anilines is 1. The maximum atomic E-state index is 13.4. The third kappa shape index (κ3) is 4.52. The van der Waals surface area contributed by atoms with Crippen molar-refractivity contribution < 1.29 is 13.2 Å².